The van der Waals surface area contributed by atoms with Gasteiger partial charge in [-0.05, 0) is 62.4 Å². The second-order valence-corrected chi connectivity index (χ2v) is 7.37. The van der Waals surface area contributed by atoms with Crippen molar-refractivity contribution < 1.29 is 9.18 Å². The number of likely N-dealkylation sites (tertiary alicyclic amines) is 1. The lowest BCUT2D eigenvalue weighted by Gasteiger charge is -2.32. The Morgan fingerprint density at radius 3 is 2.65 bits per heavy atom. The molecule has 23 heavy (non-hydrogen) atoms. The summed E-state index contributed by atoms with van der Waals surface area (Å²) in [6, 6.07) is 6.14. The largest absolute Gasteiger partial charge is 0.322 e. The van der Waals surface area contributed by atoms with Crippen molar-refractivity contribution in [3.63, 3.8) is 0 Å². The lowest BCUT2D eigenvalue weighted by molar-refractivity contribution is 0.173. The van der Waals surface area contributed by atoms with Crippen LogP contribution < -0.4 is 5.32 Å². The molecule has 2 fully saturated rings. The smallest absolute Gasteiger partial charge is 0.319 e. The van der Waals surface area contributed by atoms with Crippen LogP contribution in [0.3, 0.4) is 0 Å². The van der Waals surface area contributed by atoms with Crippen molar-refractivity contribution in [1.82, 2.24) is 9.80 Å². The molecule has 0 radical (unpaired) electrons. The quantitative estimate of drug-likeness (QED) is 0.919. The average Bonchev–Trinajstić information content (AvgIpc) is 2.94. The van der Waals surface area contributed by atoms with Crippen LogP contribution >= 0.6 is 11.8 Å². The lowest BCUT2D eigenvalue weighted by atomic mass is 10.2. The van der Waals surface area contributed by atoms with Gasteiger partial charge in [0.1, 0.15) is 5.82 Å². The molecule has 2 saturated heterocycles. The predicted molar refractivity (Wildman–Crippen MR) is 93.5 cm³/mol. The molecule has 2 amide bonds. The van der Waals surface area contributed by atoms with Gasteiger partial charge < -0.3 is 15.1 Å². The van der Waals surface area contributed by atoms with Crippen molar-refractivity contribution in [3.05, 3.63) is 30.1 Å². The van der Waals surface area contributed by atoms with Crippen LogP contribution in [0.25, 0.3) is 0 Å². The van der Waals surface area contributed by atoms with Gasteiger partial charge in [0, 0.05) is 24.5 Å². The number of thioether (sulfide) groups is 1. The van der Waals surface area contributed by atoms with Gasteiger partial charge in [-0.15, -0.1) is 0 Å². The van der Waals surface area contributed by atoms with Crippen LogP contribution in [0.2, 0.25) is 0 Å². The van der Waals surface area contributed by atoms with Gasteiger partial charge in [0.15, 0.2) is 0 Å². The number of amides is 2. The molecule has 0 spiro atoms. The summed E-state index contributed by atoms with van der Waals surface area (Å²) in [5, 5.41) is 2.91. The Morgan fingerprint density at radius 2 is 1.91 bits per heavy atom. The van der Waals surface area contributed by atoms with E-state index in [9.17, 15) is 9.18 Å². The van der Waals surface area contributed by atoms with E-state index in [2.05, 4.69) is 10.2 Å². The highest BCUT2D eigenvalue weighted by molar-refractivity contribution is 7.99. The fraction of sp³-hybridized carbons (Fsp3) is 0.588. The highest BCUT2D eigenvalue weighted by Crippen LogP contribution is 2.20. The predicted octanol–water partition coefficient (Wildman–Crippen LogP) is 3.26. The van der Waals surface area contributed by atoms with E-state index in [1.807, 2.05) is 16.7 Å². The molecule has 4 nitrogen and oxygen atoms in total. The maximum absolute atomic E-state index is 13.0. The van der Waals surface area contributed by atoms with Gasteiger partial charge in [-0.1, -0.05) is 0 Å². The van der Waals surface area contributed by atoms with Gasteiger partial charge in [0.2, 0.25) is 0 Å². The summed E-state index contributed by atoms with van der Waals surface area (Å²) >= 11 is 1.94. The van der Waals surface area contributed by atoms with E-state index in [1.165, 1.54) is 25.0 Å². The van der Waals surface area contributed by atoms with Gasteiger partial charge in [0.05, 0.1) is 6.04 Å². The number of anilines is 1. The van der Waals surface area contributed by atoms with E-state index in [0.29, 0.717) is 5.69 Å². The molecule has 0 saturated carbocycles. The molecule has 1 atom stereocenters. The third-order valence-electron chi connectivity index (χ3n) is 4.46. The van der Waals surface area contributed by atoms with Crippen LogP contribution in [0.1, 0.15) is 19.3 Å². The van der Waals surface area contributed by atoms with Gasteiger partial charge in [-0.2, -0.15) is 11.8 Å². The summed E-state index contributed by atoms with van der Waals surface area (Å²) in [4.78, 5) is 17.1. The highest BCUT2D eigenvalue weighted by Gasteiger charge is 2.28. The third kappa shape index (κ3) is 4.61. The minimum Gasteiger partial charge on any atom is -0.319 e. The van der Waals surface area contributed by atoms with Crippen LogP contribution in [0, 0.1) is 5.82 Å². The maximum Gasteiger partial charge on any atom is 0.322 e. The molecule has 2 aliphatic heterocycles. The number of nitrogens with one attached hydrogen (secondary N) is 1. The molecule has 1 aromatic rings. The first-order valence-electron chi connectivity index (χ1n) is 8.36. The van der Waals surface area contributed by atoms with Crippen LogP contribution in [0.5, 0.6) is 0 Å². The van der Waals surface area contributed by atoms with Crippen molar-refractivity contribution in [2.75, 3.05) is 43.0 Å². The van der Waals surface area contributed by atoms with Gasteiger partial charge in [-0.25, -0.2) is 9.18 Å². The summed E-state index contributed by atoms with van der Waals surface area (Å²) in [5.41, 5.74) is 0.647. The number of carbonyl (C=O) groups excluding carboxylic acids is 1. The Balaban J connectivity index is 1.65. The average molecular weight is 337 g/mol. The van der Waals surface area contributed by atoms with Crippen molar-refractivity contribution in [1.29, 1.82) is 0 Å². The monoisotopic (exact) mass is 337 g/mol. The molecule has 6 heteroatoms. The normalized spacial score (nSPS) is 22.8. The fourth-order valence-corrected chi connectivity index (χ4v) is 4.30. The van der Waals surface area contributed by atoms with E-state index in [0.717, 1.165) is 44.1 Å². The number of hydrogen-bond acceptors (Lipinski definition) is 3. The first-order valence-corrected chi connectivity index (χ1v) is 9.51. The number of halogens is 1. The molecule has 3 rings (SSSR count). The van der Waals surface area contributed by atoms with Crippen molar-refractivity contribution in [2.24, 2.45) is 0 Å². The summed E-state index contributed by atoms with van der Waals surface area (Å²) in [5.74, 6) is 1.81. The van der Waals surface area contributed by atoms with Crippen LogP contribution in [0.15, 0.2) is 24.3 Å². The van der Waals surface area contributed by atoms with Gasteiger partial charge >= 0.3 is 6.03 Å². The topological polar surface area (TPSA) is 35.6 Å². The SMILES string of the molecule is O=C(Nc1ccc(F)cc1)N1CCCSCC1CN1CCCC1. The number of urea groups is 1. The van der Waals surface area contributed by atoms with Gasteiger partial charge in [0.25, 0.3) is 0 Å². The minimum absolute atomic E-state index is 0.0664. The molecule has 1 N–H and O–H groups in total. The van der Waals surface area contributed by atoms with Gasteiger partial charge in [-0.3, -0.25) is 0 Å². The molecule has 2 aliphatic rings. The van der Waals surface area contributed by atoms with Crippen molar-refractivity contribution >= 4 is 23.5 Å². The standard InChI is InChI=1S/C17H24FN3OS/c18-14-4-6-15(7-5-14)19-17(22)21-10-3-11-23-13-16(21)12-20-8-1-2-9-20/h4-7,16H,1-3,8-13H2,(H,19,22). The number of rotatable bonds is 3. The van der Waals surface area contributed by atoms with Crippen LogP contribution in [-0.2, 0) is 0 Å². The summed E-state index contributed by atoms with van der Waals surface area (Å²) < 4.78 is 13.0. The molecular formula is C17H24FN3OS. The van der Waals surface area contributed by atoms with E-state index in [4.69, 9.17) is 0 Å². The molecule has 1 aromatic carbocycles. The second-order valence-electron chi connectivity index (χ2n) is 6.22. The number of nitrogens with zero attached hydrogens (tertiary/aromatic N) is 2. The van der Waals surface area contributed by atoms with Crippen molar-refractivity contribution in [2.45, 2.75) is 25.3 Å². The molecule has 0 bridgehead atoms. The zero-order valence-electron chi connectivity index (χ0n) is 13.3. The Hall–Kier alpha value is -1.27. The van der Waals surface area contributed by atoms with Crippen LogP contribution in [-0.4, -0.2) is 59.6 Å². The summed E-state index contributed by atoms with van der Waals surface area (Å²) in [7, 11) is 0. The Kier molecular flexibility index (Phi) is 5.78. The van der Waals surface area contributed by atoms with E-state index in [-0.39, 0.29) is 17.9 Å². The molecule has 1 unspecified atom stereocenters. The Labute approximate surface area is 141 Å². The molecule has 0 aliphatic carbocycles. The Morgan fingerprint density at radius 1 is 1.17 bits per heavy atom. The number of hydrogen-bond donors (Lipinski definition) is 1. The molecular weight excluding hydrogens is 313 g/mol. The number of benzene rings is 1. The first-order chi connectivity index (χ1) is 11.2. The molecule has 0 aromatic heterocycles. The first kappa shape index (κ1) is 16.6. The molecule has 2 heterocycles. The zero-order chi connectivity index (χ0) is 16.1. The fourth-order valence-electron chi connectivity index (χ4n) is 3.24. The number of carbonyl (C=O) groups is 1. The van der Waals surface area contributed by atoms with Crippen molar-refractivity contribution in [3.8, 4) is 0 Å². The zero-order valence-corrected chi connectivity index (χ0v) is 14.2. The summed E-state index contributed by atoms with van der Waals surface area (Å²) in [6.07, 6.45) is 3.56. The van der Waals surface area contributed by atoms with E-state index in [1.54, 1.807) is 12.1 Å². The van der Waals surface area contributed by atoms with E-state index < -0.39 is 0 Å². The van der Waals surface area contributed by atoms with Crippen LogP contribution in [0.4, 0.5) is 14.9 Å². The summed E-state index contributed by atoms with van der Waals surface area (Å²) in [6.45, 7) is 4.05. The lowest BCUT2D eigenvalue weighted by Crippen LogP contribution is -2.49. The Bertz CT molecular complexity index is 519. The third-order valence-corrected chi connectivity index (χ3v) is 5.66. The molecule has 126 valence electrons. The minimum atomic E-state index is -0.291. The van der Waals surface area contributed by atoms with E-state index >= 15 is 0 Å². The highest BCUT2D eigenvalue weighted by atomic mass is 32.2. The maximum atomic E-state index is 13.0. The second kappa shape index (κ2) is 8.02.